The van der Waals surface area contributed by atoms with E-state index in [1.807, 2.05) is 36.1 Å². The lowest BCUT2D eigenvalue weighted by Crippen LogP contribution is -2.49. The number of fused-ring (bicyclic) bond motifs is 1. The fourth-order valence-electron chi connectivity index (χ4n) is 3.07. The fourth-order valence-corrected chi connectivity index (χ4v) is 3.07. The maximum atomic E-state index is 12.8. The van der Waals surface area contributed by atoms with Crippen molar-refractivity contribution in [2.75, 3.05) is 36.8 Å². The maximum Gasteiger partial charge on any atom is 0.254 e. The molecule has 4 rings (SSSR count). The summed E-state index contributed by atoms with van der Waals surface area (Å²) in [5.74, 6) is 0.895. The maximum absolute atomic E-state index is 12.8. The van der Waals surface area contributed by atoms with Crippen LogP contribution in [0.2, 0.25) is 0 Å². The van der Waals surface area contributed by atoms with Crippen molar-refractivity contribution in [3.8, 4) is 0 Å². The number of carbonyl (C=O) groups is 1. The second-order valence-corrected chi connectivity index (χ2v) is 6.18. The van der Waals surface area contributed by atoms with E-state index in [0.717, 1.165) is 30.1 Å². The van der Waals surface area contributed by atoms with E-state index in [0.29, 0.717) is 24.3 Å². The van der Waals surface area contributed by atoms with Crippen LogP contribution in [0.4, 0.5) is 11.5 Å². The van der Waals surface area contributed by atoms with Gasteiger partial charge in [0.25, 0.3) is 5.91 Å². The van der Waals surface area contributed by atoms with Crippen molar-refractivity contribution in [2.45, 2.75) is 6.92 Å². The lowest BCUT2D eigenvalue weighted by atomic mass is 10.1. The van der Waals surface area contributed by atoms with Gasteiger partial charge in [-0.05, 0) is 36.8 Å². The highest BCUT2D eigenvalue weighted by atomic mass is 16.2. The molecule has 2 aromatic heterocycles. The van der Waals surface area contributed by atoms with Crippen LogP contribution in [0.5, 0.6) is 0 Å². The lowest BCUT2D eigenvalue weighted by Gasteiger charge is -2.35. The number of aromatic nitrogens is 4. The Bertz CT molecular complexity index is 928. The molecule has 1 saturated heterocycles. The first-order valence-electron chi connectivity index (χ1n) is 8.19. The highest BCUT2D eigenvalue weighted by Crippen LogP contribution is 2.18. The third kappa shape index (κ3) is 2.86. The van der Waals surface area contributed by atoms with Gasteiger partial charge in [0.2, 0.25) is 0 Å². The molecule has 0 spiro atoms. The number of nitrogens with zero attached hydrogens (tertiary/aromatic N) is 6. The van der Waals surface area contributed by atoms with E-state index in [4.69, 9.17) is 5.73 Å². The molecule has 0 atom stereocenters. The first-order valence-corrected chi connectivity index (χ1v) is 8.19. The van der Waals surface area contributed by atoms with Crippen LogP contribution in [-0.4, -0.2) is 56.8 Å². The summed E-state index contributed by atoms with van der Waals surface area (Å²) >= 11 is 0. The molecule has 1 fully saturated rings. The molecule has 3 heterocycles. The van der Waals surface area contributed by atoms with Crippen molar-refractivity contribution in [3.05, 3.63) is 47.8 Å². The summed E-state index contributed by atoms with van der Waals surface area (Å²) in [6.07, 6.45) is 1.58. The number of benzene rings is 1. The van der Waals surface area contributed by atoms with Crippen molar-refractivity contribution in [1.82, 2.24) is 24.7 Å². The van der Waals surface area contributed by atoms with Crippen LogP contribution >= 0.6 is 0 Å². The van der Waals surface area contributed by atoms with E-state index in [2.05, 4.69) is 20.2 Å². The largest absolute Gasteiger partial charge is 0.399 e. The van der Waals surface area contributed by atoms with Gasteiger partial charge in [-0.1, -0.05) is 6.07 Å². The van der Waals surface area contributed by atoms with Crippen LogP contribution in [0.1, 0.15) is 15.9 Å². The van der Waals surface area contributed by atoms with Crippen LogP contribution in [0.25, 0.3) is 5.65 Å². The van der Waals surface area contributed by atoms with Gasteiger partial charge < -0.3 is 15.5 Å². The second kappa shape index (κ2) is 6.04. The minimum Gasteiger partial charge on any atom is -0.399 e. The van der Waals surface area contributed by atoms with Gasteiger partial charge in [-0.15, -0.1) is 15.3 Å². The molecule has 128 valence electrons. The number of hydrogen-bond donors (Lipinski definition) is 1. The molecular weight excluding hydrogens is 318 g/mol. The van der Waals surface area contributed by atoms with Crippen molar-refractivity contribution >= 4 is 23.1 Å². The van der Waals surface area contributed by atoms with E-state index in [9.17, 15) is 4.79 Å². The van der Waals surface area contributed by atoms with Gasteiger partial charge >= 0.3 is 0 Å². The normalized spacial score (nSPS) is 14.9. The number of anilines is 2. The number of nitrogen functional groups attached to an aromatic ring is 1. The molecule has 0 saturated carbocycles. The average Bonchev–Trinajstić information content (AvgIpc) is 3.11. The number of carbonyl (C=O) groups excluding carboxylic acids is 1. The monoisotopic (exact) mass is 337 g/mol. The van der Waals surface area contributed by atoms with Crippen LogP contribution < -0.4 is 10.6 Å². The molecule has 0 aliphatic carbocycles. The molecule has 0 radical (unpaired) electrons. The van der Waals surface area contributed by atoms with Crippen LogP contribution in [0, 0.1) is 6.92 Å². The minimum absolute atomic E-state index is 0.0340. The molecule has 1 aliphatic rings. The summed E-state index contributed by atoms with van der Waals surface area (Å²) < 4.78 is 1.66. The topological polar surface area (TPSA) is 92.7 Å². The standard InChI is InChI=1S/C17H19N7O/c1-12-2-3-13(18)10-14(12)17(25)23-8-6-22(7-9-23)16-5-4-15-20-19-11-24(15)21-16/h2-5,10-11H,6-9,18H2,1H3. The second-order valence-electron chi connectivity index (χ2n) is 6.18. The quantitative estimate of drug-likeness (QED) is 0.701. The Morgan fingerprint density at radius 3 is 2.72 bits per heavy atom. The van der Waals surface area contributed by atoms with Crippen molar-refractivity contribution < 1.29 is 4.79 Å². The molecule has 2 N–H and O–H groups in total. The predicted molar refractivity (Wildman–Crippen MR) is 94.5 cm³/mol. The molecule has 8 heteroatoms. The van der Waals surface area contributed by atoms with Gasteiger partial charge in [-0.25, -0.2) is 0 Å². The van der Waals surface area contributed by atoms with E-state index >= 15 is 0 Å². The van der Waals surface area contributed by atoms with Gasteiger partial charge in [0.1, 0.15) is 12.1 Å². The van der Waals surface area contributed by atoms with Gasteiger partial charge in [0.15, 0.2) is 5.65 Å². The summed E-state index contributed by atoms with van der Waals surface area (Å²) in [5, 5.41) is 12.3. The Kier molecular flexibility index (Phi) is 3.72. The molecule has 1 amide bonds. The Labute approximate surface area is 144 Å². The molecule has 1 aromatic carbocycles. The van der Waals surface area contributed by atoms with Gasteiger partial charge in [-0.3, -0.25) is 4.79 Å². The van der Waals surface area contributed by atoms with Gasteiger partial charge in [0.05, 0.1) is 0 Å². The summed E-state index contributed by atoms with van der Waals surface area (Å²) in [7, 11) is 0. The highest BCUT2D eigenvalue weighted by Gasteiger charge is 2.24. The number of aryl methyl sites for hydroxylation is 1. The smallest absolute Gasteiger partial charge is 0.254 e. The molecule has 0 unspecified atom stereocenters. The third-order valence-corrected chi connectivity index (χ3v) is 4.53. The Morgan fingerprint density at radius 1 is 1.12 bits per heavy atom. The first-order chi connectivity index (χ1) is 12.1. The highest BCUT2D eigenvalue weighted by molar-refractivity contribution is 5.96. The zero-order valence-corrected chi connectivity index (χ0v) is 14.0. The van der Waals surface area contributed by atoms with Crippen molar-refractivity contribution in [3.63, 3.8) is 0 Å². The van der Waals surface area contributed by atoms with Crippen molar-refractivity contribution in [1.29, 1.82) is 0 Å². The molecule has 8 nitrogen and oxygen atoms in total. The first kappa shape index (κ1) is 15.4. The molecule has 25 heavy (non-hydrogen) atoms. The number of rotatable bonds is 2. The SMILES string of the molecule is Cc1ccc(N)cc1C(=O)N1CCN(c2ccc3nncn3n2)CC1. The van der Waals surface area contributed by atoms with Crippen molar-refractivity contribution in [2.24, 2.45) is 0 Å². The van der Waals surface area contributed by atoms with E-state index in [1.54, 1.807) is 16.9 Å². The minimum atomic E-state index is 0.0340. The summed E-state index contributed by atoms with van der Waals surface area (Å²) in [4.78, 5) is 16.8. The van der Waals surface area contributed by atoms with Gasteiger partial charge in [-0.2, -0.15) is 4.52 Å². The molecule has 3 aromatic rings. The Hall–Kier alpha value is -3.16. The summed E-state index contributed by atoms with van der Waals surface area (Å²) in [5.41, 5.74) is 8.78. The number of piperazine rings is 1. The average molecular weight is 337 g/mol. The molecule has 1 aliphatic heterocycles. The zero-order chi connectivity index (χ0) is 17.4. The van der Waals surface area contributed by atoms with Crippen LogP contribution in [0.15, 0.2) is 36.7 Å². The van der Waals surface area contributed by atoms with E-state index < -0.39 is 0 Å². The Morgan fingerprint density at radius 2 is 1.92 bits per heavy atom. The Balaban J connectivity index is 1.47. The third-order valence-electron chi connectivity index (χ3n) is 4.53. The zero-order valence-electron chi connectivity index (χ0n) is 14.0. The summed E-state index contributed by atoms with van der Waals surface area (Å²) in [6.45, 7) is 4.69. The summed E-state index contributed by atoms with van der Waals surface area (Å²) in [6, 6.07) is 9.28. The van der Waals surface area contributed by atoms with E-state index in [-0.39, 0.29) is 5.91 Å². The number of amides is 1. The molecular formula is C17H19N7O. The lowest BCUT2D eigenvalue weighted by molar-refractivity contribution is 0.0746. The van der Waals surface area contributed by atoms with E-state index in [1.165, 1.54) is 0 Å². The van der Waals surface area contributed by atoms with Gasteiger partial charge in [0, 0.05) is 37.4 Å². The van der Waals surface area contributed by atoms with Crippen LogP contribution in [0.3, 0.4) is 0 Å². The predicted octanol–water partition coefficient (Wildman–Crippen LogP) is 0.977. The van der Waals surface area contributed by atoms with Crippen LogP contribution in [-0.2, 0) is 0 Å². The fraction of sp³-hybridized carbons (Fsp3) is 0.294. The molecule has 0 bridgehead atoms. The number of nitrogens with two attached hydrogens (primary N) is 1. The number of hydrogen-bond acceptors (Lipinski definition) is 6.